The second kappa shape index (κ2) is 6.85. The summed E-state index contributed by atoms with van der Waals surface area (Å²) in [5.41, 5.74) is 0.754. The summed E-state index contributed by atoms with van der Waals surface area (Å²) in [6.07, 6.45) is 0.773. The largest absolute Gasteiger partial charge is 0.353 e. The van der Waals surface area contributed by atoms with Crippen LogP contribution in [-0.4, -0.2) is 35.3 Å². The van der Waals surface area contributed by atoms with Gasteiger partial charge in [0.25, 0.3) is 0 Å². The first-order valence-electron chi connectivity index (χ1n) is 6.38. The molecule has 0 aliphatic carbocycles. The molecular weight excluding hydrogens is 290 g/mol. The van der Waals surface area contributed by atoms with Crippen molar-refractivity contribution in [1.82, 2.24) is 10.2 Å². The van der Waals surface area contributed by atoms with E-state index in [-0.39, 0.29) is 11.0 Å². The quantitative estimate of drug-likeness (QED) is 0.605. The van der Waals surface area contributed by atoms with Crippen molar-refractivity contribution in [2.45, 2.75) is 22.9 Å². The van der Waals surface area contributed by atoms with Crippen LogP contribution in [0, 0.1) is 0 Å². The Labute approximate surface area is 127 Å². The van der Waals surface area contributed by atoms with Crippen LogP contribution in [0.2, 0.25) is 0 Å². The molecule has 0 fully saturated rings. The van der Waals surface area contributed by atoms with Crippen LogP contribution < -0.4 is 4.90 Å². The molecule has 0 bridgehead atoms. The Bertz CT molecular complexity index is 569. The lowest BCUT2D eigenvalue weighted by Crippen LogP contribution is -2.16. The third kappa shape index (κ3) is 3.58. The van der Waals surface area contributed by atoms with Crippen LogP contribution in [-0.2, 0) is 0 Å². The third-order valence-electron chi connectivity index (χ3n) is 2.74. The molecule has 0 saturated carbocycles. The number of Topliss-reactive ketones (excluding diaryl/α,β-unsaturated/α-hetero) is 1. The van der Waals surface area contributed by atoms with Crippen LogP contribution >= 0.6 is 23.1 Å². The monoisotopic (exact) mass is 307 g/mol. The SMILES string of the molecule is CCC(Sc1nnc(N(C)C)s1)C(=O)c1ccccc1. The van der Waals surface area contributed by atoms with E-state index < -0.39 is 0 Å². The molecule has 0 amide bonds. The van der Waals surface area contributed by atoms with Crippen LogP contribution in [0.1, 0.15) is 23.7 Å². The van der Waals surface area contributed by atoms with E-state index in [1.54, 1.807) is 0 Å². The van der Waals surface area contributed by atoms with Crippen molar-refractivity contribution in [1.29, 1.82) is 0 Å². The molecule has 1 unspecified atom stereocenters. The molecule has 1 atom stereocenters. The number of hydrogen-bond donors (Lipinski definition) is 0. The zero-order valence-electron chi connectivity index (χ0n) is 11.7. The van der Waals surface area contributed by atoms with Crippen molar-refractivity contribution in [2.24, 2.45) is 0 Å². The Morgan fingerprint density at radius 3 is 2.55 bits per heavy atom. The molecule has 1 aromatic carbocycles. The fourth-order valence-corrected chi connectivity index (χ4v) is 3.67. The van der Waals surface area contributed by atoms with Gasteiger partial charge in [0.15, 0.2) is 10.1 Å². The van der Waals surface area contributed by atoms with Gasteiger partial charge in [0.1, 0.15) is 0 Å². The smallest absolute Gasteiger partial charge is 0.208 e. The van der Waals surface area contributed by atoms with Crippen LogP contribution in [0.5, 0.6) is 0 Å². The van der Waals surface area contributed by atoms with Gasteiger partial charge in [0.05, 0.1) is 5.25 Å². The second-order valence-corrected chi connectivity index (χ2v) is 6.90. The predicted molar refractivity (Wildman–Crippen MR) is 84.9 cm³/mol. The summed E-state index contributed by atoms with van der Waals surface area (Å²) in [5.74, 6) is 0.153. The molecule has 6 heteroatoms. The van der Waals surface area contributed by atoms with Gasteiger partial charge in [-0.2, -0.15) is 0 Å². The van der Waals surface area contributed by atoms with E-state index in [0.717, 1.165) is 21.5 Å². The summed E-state index contributed by atoms with van der Waals surface area (Å²) in [6, 6.07) is 9.41. The maximum atomic E-state index is 12.4. The Kier molecular flexibility index (Phi) is 5.14. The number of anilines is 1. The zero-order chi connectivity index (χ0) is 14.5. The first kappa shape index (κ1) is 15.0. The average Bonchev–Trinajstić information content (AvgIpc) is 2.94. The van der Waals surface area contributed by atoms with Gasteiger partial charge < -0.3 is 4.90 Å². The van der Waals surface area contributed by atoms with E-state index in [0.29, 0.717) is 0 Å². The number of aromatic nitrogens is 2. The van der Waals surface area contributed by atoms with Crippen molar-refractivity contribution in [3.8, 4) is 0 Å². The minimum Gasteiger partial charge on any atom is -0.353 e. The number of carbonyl (C=O) groups is 1. The Balaban J connectivity index is 2.10. The number of rotatable bonds is 6. The maximum Gasteiger partial charge on any atom is 0.208 e. The van der Waals surface area contributed by atoms with Crippen LogP contribution in [0.4, 0.5) is 5.13 Å². The summed E-state index contributed by atoms with van der Waals surface area (Å²) in [5, 5.41) is 8.98. The van der Waals surface area contributed by atoms with Gasteiger partial charge in [0, 0.05) is 19.7 Å². The Hall–Kier alpha value is -1.40. The second-order valence-electron chi connectivity index (χ2n) is 4.49. The molecule has 0 aliphatic rings. The Morgan fingerprint density at radius 2 is 2.00 bits per heavy atom. The highest BCUT2D eigenvalue weighted by atomic mass is 32.2. The van der Waals surface area contributed by atoms with Crippen molar-refractivity contribution >= 4 is 34.0 Å². The zero-order valence-corrected chi connectivity index (χ0v) is 13.4. The summed E-state index contributed by atoms with van der Waals surface area (Å²) >= 11 is 3.01. The van der Waals surface area contributed by atoms with Gasteiger partial charge in [-0.3, -0.25) is 4.79 Å². The minimum absolute atomic E-state index is 0.111. The lowest BCUT2D eigenvalue weighted by molar-refractivity contribution is 0.0988. The van der Waals surface area contributed by atoms with Crippen molar-refractivity contribution in [2.75, 3.05) is 19.0 Å². The maximum absolute atomic E-state index is 12.4. The van der Waals surface area contributed by atoms with Gasteiger partial charge in [-0.1, -0.05) is 60.4 Å². The van der Waals surface area contributed by atoms with Gasteiger partial charge in [0.2, 0.25) is 5.13 Å². The third-order valence-corrected chi connectivity index (χ3v) is 5.28. The molecule has 4 nitrogen and oxygen atoms in total. The Morgan fingerprint density at radius 1 is 1.30 bits per heavy atom. The average molecular weight is 307 g/mol. The van der Waals surface area contributed by atoms with Crippen LogP contribution in [0.3, 0.4) is 0 Å². The molecule has 106 valence electrons. The summed E-state index contributed by atoms with van der Waals surface area (Å²) in [4.78, 5) is 14.4. The molecule has 1 aromatic heterocycles. The number of thioether (sulfide) groups is 1. The first-order chi connectivity index (χ1) is 9.61. The van der Waals surface area contributed by atoms with E-state index in [9.17, 15) is 4.79 Å². The predicted octanol–water partition coefficient (Wildman–Crippen LogP) is 3.36. The highest BCUT2D eigenvalue weighted by molar-refractivity contribution is 8.02. The normalized spacial score (nSPS) is 12.2. The summed E-state index contributed by atoms with van der Waals surface area (Å²) < 4.78 is 0.838. The highest BCUT2D eigenvalue weighted by Crippen LogP contribution is 2.32. The molecule has 0 radical (unpaired) electrons. The molecule has 0 aliphatic heterocycles. The van der Waals surface area contributed by atoms with Gasteiger partial charge in [-0.05, 0) is 6.42 Å². The first-order valence-corrected chi connectivity index (χ1v) is 8.08. The van der Waals surface area contributed by atoms with E-state index in [4.69, 9.17) is 0 Å². The molecular formula is C14H17N3OS2. The van der Waals surface area contributed by atoms with Crippen molar-refractivity contribution < 1.29 is 4.79 Å². The van der Waals surface area contributed by atoms with E-state index in [1.807, 2.05) is 56.3 Å². The number of nitrogens with zero attached hydrogens (tertiary/aromatic N) is 3. The highest BCUT2D eigenvalue weighted by Gasteiger charge is 2.21. The molecule has 20 heavy (non-hydrogen) atoms. The number of carbonyl (C=O) groups excluding carboxylic acids is 1. The molecule has 2 aromatic rings. The molecule has 0 saturated heterocycles. The lowest BCUT2D eigenvalue weighted by Gasteiger charge is -2.11. The summed E-state index contributed by atoms with van der Waals surface area (Å²) in [7, 11) is 3.86. The van der Waals surface area contributed by atoms with Gasteiger partial charge in [-0.15, -0.1) is 10.2 Å². The number of hydrogen-bond acceptors (Lipinski definition) is 6. The lowest BCUT2D eigenvalue weighted by atomic mass is 10.1. The van der Waals surface area contributed by atoms with Crippen molar-refractivity contribution in [3.05, 3.63) is 35.9 Å². The topological polar surface area (TPSA) is 46.1 Å². The van der Waals surface area contributed by atoms with Gasteiger partial charge >= 0.3 is 0 Å². The number of benzene rings is 1. The van der Waals surface area contributed by atoms with Crippen LogP contribution in [0.25, 0.3) is 0 Å². The minimum atomic E-state index is -0.111. The fraction of sp³-hybridized carbons (Fsp3) is 0.357. The van der Waals surface area contributed by atoms with Crippen molar-refractivity contribution in [3.63, 3.8) is 0 Å². The molecule has 2 rings (SSSR count). The number of ketones is 1. The summed E-state index contributed by atoms with van der Waals surface area (Å²) in [6.45, 7) is 2.02. The standard InChI is InChI=1S/C14H17N3OS2/c1-4-11(12(18)10-8-6-5-7-9-10)19-14-16-15-13(20-14)17(2)3/h5-9,11H,4H2,1-3H3. The fourth-order valence-electron chi connectivity index (χ4n) is 1.66. The van der Waals surface area contributed by atoms with E-state index in [1.165, 1.54) is 23.1 Å². The van der Waals surface area contributed by atoms with Gasteiger partial charge in [-0.25, -0.2) is 0 Å². The molecule has 0 N–H and O–H groups in total. The van der Waals surface area contributed by atoms with Crippen LogP contribution in [0.15, 0.2) is 34.7 Å². The van der Waals surface area contributed by atoms with E-state index in [2.05, 4.69) is 10.2 Å². The van der Waals surface area contributed by atoms with E-state index >= 15 is 0 Å². The molecule has 0 spiro atoms. The molecule has 1 heterocycles.